The van der Waals surface area contributed by atoms with E-state index in [1.165, 1.54) is 0 Å². The number of fused-ring (bicyclic) bond motifs is 3. The van der Waals surface area contributed by atoms with E-state index < -0.39 is 5.97 Å². The lowest BCUT2D eigenvalue weighted by molar-refractivity contribution is -0.146. The fourth-order valence-corrected chi connectivity index (χ4v) is 3.73. The molecule has 0 saturated carbocycles. The highest BCUT2D eigenvalue weighted by molar-refractivity contribution is 6.08. The molecular formula is C25H23NO4. The highest BCUT2D eigenvalue weighted by Crippen LogP contribution is 2.30. The van der Waals surface area contributed by atoms with Crippen LogP contribution in [0.2, 0.25) is 0 Å². The predicted molar refractivity (Wildman–Crippen MR) is 118 cm³/mol. The summed E-state index contributed by atoms with van der Waals surface area (Å²) < 4.78 is 10.8. The van der Waals surface area contributed by atoms with Gasteiger partial charge in [-0.15, -0.1) is 0 Å². The zero-order chi connectivity index (χ0) is 21.1. The third-order valence-electron chi connectivity index (χ3n) is 5.24. The summed E-state index contributed by atoms with van der Waals surface area (Å²) >= 11 is 0. The van der Waals surface area contributed by atoms with Gasteiger partial charge in [0, 0.05) is 16.6 Å². The van der Waals surface area contributed by atoms with Gasteiger partial charge in [0.2, 0.25) is 0 Å². The molecule has 0 aliphatic carbocycles. The molecule has 30 heavy (non-hydrogen) atoms. The Morgan fingerprint density at radius 3 is 2.67 bits per heavy atom. The zero-order valence-corrected chi connectivity index (χ0v) is 17.0. The molecule has 0 atom stereocenters. The number of amides is 1. The van der Waals surface area contributed by atoms with E-state index in [-0.39, 0.29) is 18.9 Å². The molecule has 3 aromatic carbocycles. The van der Waals surface area contributed by atoms with Crippen LogP contribution < -0.4 is 5.32 Å². The SMILES string of the molecule is CCc1cccc(C)c1NC(=O)COC(=O)Cc1coc2ccc3ccccc3c12. The van der Waals surface area contributed by atoms with Gasteiger partial charge in [0.25, 0.3) is 5.91 Å². The van der Waals surface area contributed by atoms with Crippen LogP contribution in [0.25, 0.3) is 21.7 Å². The zero-order valence-electron chi connectivity index (χ0n) is 17.0. The lowest BCUT2D eigenvalue weighted by Gasteiger charge is -2.13. The molecule has 5 nitrogen and oxygen atoms in total. The monoisotopic (exact) mass is 401 g/mol. The minimum Gasteiger partial charge on any atom is -0.464 e. The van der Waals surface area contributed by atoms with Crippen molar-refractivity contribution in [3.8, 4) is 0 Å². The maximum Gasteiger partial charge on any atom is 0.310 e. The normalized spacial score (nSPS) is 11.0. The summed E-state index contributed by atoms with van der Waals surface area (Å²) in [5.74, 6) is -0.823. The number of ether oxygens (including phenoxy) is 1. The highest BCUT2D eigenvalue weighted by Gasteiger charge is 2.16. The van der Waals surface area contributed by atoms with Crippen LogP contribution in [0.5, 0.6) is 0 Å². The van der Waals surface area contributed by atoms with Crippen LogP contribution in [-0.4, -0.2) is 18.5 Å². The van der Waals surface area contributed by atoms with Crippen molar-refractivity contribution in [1.82, 2.24) is 0 Å². The van der Waals surface area contributed by atoms with Crippen LogP contribution in [0, 0.1) is 6.92 Å². The van der Waals surface area contributed by atoms with Gasteiger partial charge < -0.3 is 14.5 Å². The predicted octanol–water partition coefficient (Wildman–Crippen LogP) is 5.18. The first-order valence-electron chi connectivity index (χ1n) is 9.98. The van der Waals surface area contributed by atoms with E-state index in [0.717, 1.165) is 50.5 Å². The number of benzene rings is 3. The van der Waals surface area contributed by atoms with Gasteiger partial charge in [-0.05, 0) is 41.3 Å². The topological polar surface area (TPSA) is 68.5 Å². The molecule has 0 radical (unpaired) electrons. The molecule has 4 rings (SSSR count). The molecule has 1 aromatic heterocycles. The lowest BCUT2D eigenvalue weighted by Crippen LogP contribution is -2.22. The largest absolute Gasteiger partial charge is 0.464 e. The maximum absolute atomic E-state index is 12.4. The summed E-state index contributed by atoms with van der Waals surface area (Å²) in [4.78, 5) is 24.7. The van der Waals surface area contributed by atoms with E-state index in [9.17, 15) is 9.59 Å². The average molecular weight is 401 g/mol. The Balaban J connectivity index is 1.43. The lowest BCUT2D eigenvalue weighted by atomic mass is 10.0. The van der Waals surface area contributed by atoms with Crippen LogP contribution >= 0.6 is 0 Å². The number of para-hydroxylation sites is 1. The minimum absolute atomic E-state index is 0.0405. The molecule has 0 fully saturated rings. The van der Waals surface area contributed by atoms with Gasteiger partial charge in [0.15, 0.2) is 6.61 Å². The first-order valence-corrected chi connectivity index (χ1v) is 9.98. The van der Waals surface area contributed by atoms with Crippen molar-refractivity contribution in [2.75, 3.05) is 11.9 Å². The molecule has 0 spiro atoms. The molecule has 0 unspecified atom stereocenters. The summed E-state index contributed by atoms with van der Waals surface area (Å²) in [6.45, 7) is 3.64. The van der Waals surface area contributed by atoms with E-state index in [1.807, 2.05) is 68.4 Å². The standard InChI is InChI=1S/C25H23NO4/c1-3-17-9-6-7-16(2)25(17)26-22(27)15-30-23(28)13-19-14-29-21-12-11-18-8-4-5-10-20(18)24(19)21/h4-12,14H,3,13,15H2,1-2H3,(H,26,27). The molecular weight excluding hydrogens is 378 g/mol. The van der Waals surface area contributed by atoms with Crippen LogP contribution in [0.15, 0.2) is 65.3 Å². The van der Waals surface area contributed by atoms with Crippen molar-refractivity contribution >= 4 is 39.3 Å². The smallest absolute Gasteiger partial charge is 0.310 e. The van der Waals surface area contributed by atoms with Crippen molar-refractivity contribution in [2.45, 2.75) is 26.7 Å². The van der Waals surface area contributed by atoms with Gasteiger partial charge >= 0.3 is 5.97 Å². The Morgan fingerprint density at radius 1 is 1.00 bits per heavy atom. The van der Waals surface area contributed by atoms with E-state index in [4.69, 9.17) is 9.15 Å². The summed E-state index contributed by atoms with van der Waals surface area (Å²) in [5.41, 5.74) is 4.28. The second kappa shape index (κ2) is 8.41. The van der Waals surface area contributed by atoms with Gasteiger partial charge in [-0.2, -0.15) is 0 Å². The van der Waals surface area contributed by atoms with Gasteiger partial charge in [0.05, 0.1) is 12.7 Å². The molecule has 5 heteroatoms. The van der Waals surface area contributed by atoms with E-state index in [2.05, 4.69) is 5.32 Å². The number of carbonyl (C=O) groups is 2. The quantitative estimate of drug-likeness (QED) is 0.452. The molecule has 0 bridgehead atoms. The van der Waals surface area contributed by atoms with Gasteiger partial charge in [0.1, 0.15) is 5.58 Å². The van der Waals surface area contributed by atoms with Crippen molar-refractivity contribution in [2.24, 2.45) is 0 Å². The average Bonchev–Trinajstić information content (AvgIpc) is 3.17. The molecule has 4 aromatic rings. The fraction of sp³-hybridized carbons (Fsp3) is 0.200. The first-order chi connectivity index (χ1) is 14.6. The van der Waals surface area contributed by atoms with Crippen LogP contribution in [-0.2, 0) is 27.2 Å². The van der Waals surface area contributed by atoms with E-state index in [0.29, 0.717) is 0 Å². The van der Waals surface area contributed by atoms with Gasteiger partial charge in [-0.3, -0.25) is 9.59 Å². The summed E-state index contributed by atoms with van der Waals surface area (Å²) in [6, 6.07) is 17.7. The van der Waals surface area contributed by atoms with Crippen molar-refractivity contribution in [3.05, 3.63) is 77.6 Å². The van der Waals surface area contributed by atoms with Gasteiger partial charge in [-0.1, -0.05) is 55.5 Å². The van der Waals surface area contributed by atoms with Crippen LogP contribution in [0.1, 0.15) is 23.6 Å². The Labute approximate surface area is 174 Å². The second-order valence-electron chi connectivity index (χ2n) is 7.27. The number of hydrogen-bond acceptors (Lipinski definition) is 4. The Bertz CT molecular complexity index is 1240. The number of furan rings is 1. The Kier molecular flexibility index (Phi) is 5.53. The minimum atomic E-state index is -0.471. The number of hydrogen-bond donors (Lipinski definition) is 1. The van der Waals surface area contributed by atoms with E-state index >= 15 is 0 Å². The first kappa shape index (κ1) is 19.7. The number of rotatable bonds is 6. The fourth-order valence-electron chi connectivity index (χ4n) is 3.73. The van der Waals surface area contributed by atoms with Crippen LogP contribution in [0.3, 0.4) is 0 Å². The molecule has 0 aliphatic heterocycles. The Hall–Kier alpha value is -3.60. The number of nitrogens with one attached hydrogen (secondary N) is 1. The summed E-state index contributed by atoms with van der Waals surface area (Å²) in [6.07, 6.45) is 2.43. The van der Waals surface area contributed by atoms with Crippen molar-refractivity contribution in [3.63, 3.8) is 0 Å². The summed E-state index contributed by atoms with van der Waals surface area (Å²) in [5, 5.41) is 5.87. The molecule has 1 N–H and O–H groups in total. The number of carbonyl (C=O) groups excluding carboxylic acids is 2. The highest BCUT2D eigenvalue weighted by atomic mass is 16.5. The molecule has 152 valence electrons. The molecule has 1 amide bonds. The number of anilines is 1. The third kappa shape index (κ3) is 3.92. The van der Waals surface area contributed by atoms with Crippen molar-refractivity contribution < 1.29 is 18.7 Å². The third-order valence-corrected chi connectivity index (χ3v) is 5.24. The van der Waals surface area contributed by atoms with Crippen LogP contribution in [0.4, 0.5) is 5.69 Å². The molecule has 1 heterocycles. The Morgan fingerprint density at radius 2 is 1.83 bits per heavy atom. The maximum atomic E-state index is 12.4. The second-order valence-corrected chi connectivity index (χ2v) is 7.27. The number of esters is 1. The number of aryl methyl sites for hydroxylation is 2. The van der Waals surface area contributed by atoms with Crippen molar-refractivity contribution in [1.29, 1.82) is 0 Å². The molecule has 0 saturated heterocycles. The van der Waals surface area contributed by atoms with E-state index in [1.54, 1.807) is 6.26 Å². The molecule has 0 aliphatic rings. The van der Waals surface area contributed by atoms with Gasteiger partial charge in [-0.25, -0.2) is 0 Å². The summed E-state index contributed by atoms with van der Waals surface area (Å²) in [7, 11) is 0.